The fraction of sp³-hybridized carbons (Fsp3) is 0.409. The number of carbonyl (C=O) groups is 2. The maximum absolute atomic E-state index is 12.3. The van der Waals surface area contributed by atoms with Gasteiger partial charge in [-0.15, -0.1) is 5.10 Å². The molecule has 2 saturated carbocycles. The highest BCUT2D eigenvalue weighted by Gasteiger charge is 2.41. The van der Waals surface area contributed by atoms with Crippen LogP contribution in [0.1, 0.15) is 37.3 Å². The van der Waals surface area contributed by atoms with Crippen molar-refractivity contribution in [3.05, 3.63) is 36.0 Å². The van der Waals surface area contributed by atoms with Crippen molar-refractivity contribution in [2.24, 2.45) is 11.8 Å². The SMILES string of the molecule is CN(C)c1nnc(-c2ccc(NC(=O)C(=O)Nc3cc(C4CC5CCC4C5)[nH]n3)cc2)o1. The Labute approximate surface area is 184 Å². The molecule has 2 aliphatic carbocycles. The van der Waals surface area contributed by atoms with Crippen molar-refractivity contribution in [2.45, 2.75) is 31.6 Å². The zero-order valence-electron chi connectivity index (χ0n) is 18.0. The van der Waals surface area contributed by atoms with Gasteiger partial charge in [0, 0.05) is 43.0 Å². The van der Waals surface area contributed by atoms with E-state index < -0.39 is 11.8 Å². The number of anilines is 3. The molecule has 0 spiro atoms. The van der Waals surface area contributed by atoms with Crippen molar-refractivity contribution >= 4 is 29.3 Å². The van der Waals surface area contributed by atoms with E-state index >= 15 is 0 Å². The van der Waals surface area contributed by atoms with Crippen molar-refractivity contribution in [3.63, 3.8) is 0 Å². The smallest absolute Gasteiger partial charge is 0.317 e. The van der Waals surface area contributed by atoms with Gasteiger partial charge in [0.25, 0.3) is 0 Å². The van der Waals surface area contributed by atoms with E-state index in [-0.39, 0.29) is 0 Å². The Morgan fingerprint density at radius 1 is 1.06 bits per heavy atom. The van der Waals surface area contributed by atoms with Gasteiger partial charge in [-0.05, 0) is 55.4 Å². The van der Waals surface area contributed by atoms with Crippen LogP contribution < -0.4 is 15.5 Å². The van der Waals surface area contributed by atoms with Crippen LogP contribution in [0.3, 0.4) is 0 Å². The van der Waals surface area contributed by atoms with Gasteiger partial charge in [-0.25, -0.2) is 0 Å². The van der Waals surface area contributed by atoms with Crippen LogP contribution in [0.25, 0.3) is 11.5 Å². The number of amides is 2. The molecule has 0 radical (unpaired) electrons. The summed E-state index contributed by atoms with van der Waals surface area (Å²) >= 11 is 0. The highest BCUT2D eigenvalue weighted by molar-refractivity contribution is 6.43. The second-order valence-electron chi connectivity index (χ2n) is 8.76. The second-order valence-corrected chi connectivity index (χ2v) is 8.76. The van der Waals surface area contributed by atoms with E-state index in [1.807, 2.05) is 20.2 Å². The first-order valence-electron chi connectivity index (χ1n) is 10.7. The number of benzene rings is 1. The van der Waals surface area contributed by atoms with E-state index in [4.69, 9.17) is 4.42 Å². The van der Waals surface area contributed by atoms with Gasteiger partial charge in [-0.1, -0.05) is 11.5 Å². The van der Waals surface area contributed by atoms with Gasteiger partial charge in [0.05, 0.1) is 0 Å². The van der Waals surface area contributed by atoms with E-state index in [0.717, 1.165) is 11.6 Å². The molecule has 166 valence electrons. The van der Waals surface area contributed by atoms with Crippen LogP contribution in [0, 0.1) is 11.8 Å². The van der Waals surface area contributed by atoms with E-state index in [1.54, 1.807) is 29.2 Å². The molecule has 5 rings (SSSR count). The number of carbonyl (C=O) groups excluding carboxylic acids is 2. The zero-order valence-corrected chi connectivity index (χ0v) is 18.0. The predicted molar refractivity (Wildman–Crippen MR) is 118 cm³/mol. The Kier molecular flexibility index (Phi) is 5.12. The maximum Gasteiger partial charge on any atom is 0.317 e. The minimum atomic E-state index is -0.771. The van der Waals surface area contributed by atoms with E-state index in [9.17, 15) is 9.59 Å². The Balaban J connectivity index is 1.17. The number of aromatic nitrogens is 4. The standard InChI is InChI=1S/C22H25N7O3/c1-29(2)22-28-27-21(32-22)13-5-7-15(8-6-13)23-19(30)20(31)24-18-11-17(25-26-18)16-10-12-3-4-14(16)9-12/h5-8,11-12,14,16H,3-4,9-10H2,1-2H3,(H,23,30)(H2,24,25,26,31). The van der Waals surface area contributed by atoms with Crippen molar-refractivity contribution in [1.82, 2.24) is 20.4 Å². The molecule has 1 aromatic carbocycles. The van der Waals surface area contributed by atoms with Crippen molar-refractivity contribution in [3.8, 4) is 11.5 Å². The van der Waals surface area contributed by atoms with Crippen molar-refractivity contribution < 1.29 is 14.0 Å². The highest BCUT2D eigenvalue weighted by atomic mass is 16.4. The van der Waals surface area contributed by atoms with Crippen molar-refractivity contribution in [1.29, 1.82) is 0 Å². The van der Waals surface area contributed by atoms with Gasteiger partial charge >= 0.3 is 17.8 Å². The van der Waals surface area contributed by atoms with Crippen LogP contribution in [0.15, 0.2) is 34.7 Å². The van der Waals surface area contributed by atoms with Crippen LogP contribution in [-0.2, 0) is 9.59 Å². The Morgan fingerprint density at radius 2 is 1.84 bits per heavy atom. The highest BCUT2D eigenvalue weighted by Crippen LogP contribution is 2.52. The number of nitrogens with zero attached hydrogens (tertiary/aromatic N) is 4. The lowest BCUT2D eigenvalue weighted by Crippen LogP contribution is -2.29. The molecule has 3 aromatic rings. The van der Waals surface area contributed by atoms with Crippen LogP contribution >= 0.6 is 0 Å². The molecule has 2 bridgehead atoms. The lowest BCUT2D eigenvalue weighted by atomic mass is 9.86. The topological polar surface area (TPSA) is 129 Å². The van der Waals surface area contributed by atoms with Gasteiger partial charge in [0.2, 0.25) is 5.89 Å². The summed E-state index contributed by atoms with van der Waals surface area (Å²) in [6, 6.07) is 9.04. The fourth-order valence-electron chi connectivity index (χ4n) is 4.79. The second kappa shape index (κ2) is 8.10. The molecule has 0 saturated heterocycles. The summed E-state index contributed by atoms with van der Waals surface area (Å²) in [7, 11) is 3.62. The Bertz CT molecular complexity index is 1130. The summed E-state index contributed by atoms with van der Waals surface area (Å²) < 4.78 is 5.55. The van der Waals surface area contributed by atoms with Gasteiger partial charge < -0.3 is 20.0 Å². The normalized spacial score (nSPS) is 21.5. The van der Waals surface area contributed by atoms with Gasteiger partial charge in [-0.3, -0.25) is 14.7 Å². The molecule has 3 N–H and O–H groups in total. The first-order chi connectivity index (χ1) is 15.5. The lowest BCUT2D eigenvalue weighted by Gasteiger charge is -2.19. The molecule has 2 amide bonds. The summed E-state index contributed by atoms with van der Waals surface area (Å²) in [6.45, 7) is 0. The van der Waals surface area contributed by atoms with Gasteiger partial charge in [0.15, 0.2) is 5.82 Å². The van der Waals surface area contributed by atoms with Gasteiger partial charge in [-0.2, -0.15) is 5.10 Å². The monoisotopic (exact) mass is 435 g/mol. The third-order valence-electron chi connectivity index (χ3n) is 6.37. The molecule has 2 aliphatic rings. The number of fused-ring (bicyclic) bond motifs is 2. The lowest BCUT2D eigenvalue weighted by molar-refractivity contribution is -0.133. The number of aromatic amines is 1. The van der Waals surface area contributed by atoms with Crippen molar-refractivity contribution in [2.75, 3.05) is 29.6 Å². The van der Waals surface area contributed by atoms with E-state index in [0.29, 0.717) is 40.8 Å². The van der Waals surface area contributed by atoms with Crippen LogP contribution in [0.4, 0.5) is 17.5 Å². The van der Waals surface area contributed by atoms with Crippen LogP contribution in [0.2, 0.25) is 0 Å². The average molecular weight is 435 g/mol. The van der Waals surface area contributed by atoms with E-state index in [2.05, 4.69) is 31.0 Å². The molecular weight excluding hydrogens is 410 g/mol. The first-order valence-corrected chi connectivity index (χ1v) is 10.7. The molecular formula is C22H25N7O3. The third-order valence-corrected chi connectivity index (χ3v) is 6.37. The summed E-state index contributed by atoms with van der Waals surface area (Å²) in [6.07, 6.45) is 5.05. The minimum absolute atomic E-state index is 0.367. The molecule has 3 unspecified atom stereocenters. The predicted octanol–water partition coefficient (Wildman–Crippen LogP) is 3.01. The quantitative estimate of drug-likeness (QED) is 0.525. The minimum Gasteiger partial charge on any atom is -0.403 e. The summed E-state index contributed by atoms with van der Waals surface area (Å²) in [4.78, 5) is 26.3. The molecule has 0 aliphatic heterocycles. The number of hydrogen-bond acceptors (Lipinski definition) is 7. The number of nitrogens with one attached hydrogen (secondary N) is 3. The maximum atomic E-state index is 12.3. The van der Waals surface area contributed by atoms with Crippen LogP contribution in [0.5, 0.6) is 0 Å². The summed E-state index contributed by atoms with van der Waals surface area (Å²) in [5.41, 5.74) is 2.23. The molecule has 3 atom stereocenters. The van der Waals surface area contributed by atoms with Crippen LogP contribution in [-0.4, -0.2) is 46.3 Å². The molecule has 2 fully saturated rings. The largest absolute Gasteiger partial charge is 0.403 e. The molecule has 2 aromatic heterocycles. The number of H-pyrrole nitrogens is 1. The summed E-state index contributed by atoms with van der Waals surface area (Å²) in [5.74, 6) is 1.20. The van der Waals surface area contributed by atoms with E-state index in [1.165, 1.54) is 25.7 Å². The third kappa shape index (κ3) is 3.95. The molecule has 10 heteroatoms. The zero-order chi connectivity index (χ0) is 22.2. The fourth-order valence-corrected chi connectivity index (χ4v) is 4.79. The Hall–Kier alpha value is -3.69. The number of rotatable bonds is 5. The average Bonchev–Trinajstić information content (AvgIpc) is 3.58. The Morgan fingerprint density at radius 3 is 2.50 bits per heavy atom. The first kappa shape index (κ1) is 20.2. The molecule has 10 nitrogen and oxygen atoms in total. The summed E-state index contributed by atoms with van der Waals surface area (Å²) in [5, 5.41) is 20.3. The molecule has 2 heterocycles. The number of hydrogen-bond donors (Lipinski definition) is 3. The van der Waals surface area contributed by atoms with Gasteiger partial charge in [0.1, 0.15) is 0 Å². The molecule has 32 heavy (non-hydrogen) atoms.